The fourth-order valence-electron chi connectivity index (χ4n) is 5.60. The van der Waals surface area contributed by atoms with Crippen molar-refractivity contribution in [3.05, 3.63) is 59.2 Å². The van der Waals surface area contributed by atoms with Crippen LogP contribution in [0.1, 0.15) is 60.4 Å². The Kier molecular flexibility index (Phi) is 5.57. The van der Waals surface area contributed by atoms with Gasteiger partial charge in [0, 0.05) is 47.4 Å². The van der Waals surface area contributed by atoms with Crippen LogP contribution in [0.2, 0.25) is 0 Å². The Balaban J connectivity index is 1.17. The largest absolute Gasteiger partial charge is 0.361 e. The molecular formula is C27H28N4O2S. The molecule has 2 aromatic carbocycles. The number of anilines is 1. The van der Waals surface area contributed by atoms with Gasteiger partial charge in [-0.1, -0.05) is 12.8 Å². The Bertz CT molecular complexity index is 1360. The van der Waals surface area contributed by atoms with Crippen molar-refractivity contribution in [2.45, 2.75) is 44.4 Å². The number of carbonyl (C=O) groups excluding carboxylic acids is 2. The third-order valence-electron chi connectivity index (χ3n) is 7.52. The van der Waals surface area contributed by atoms with Crippen LogP contribution < -0.4 is 5.32 Å². The number of aromatic nitrogens is 2. The van der Waals surface area contributed by atoms with Gasteiger partial charge in [-0.3, -0.25) is 9.59 Å². The van der Waals surface area contributed by atoms with E-state index in [9.17, 15) is 9.59 Å². The maximum atomic E-state index is 12.9. The lowest BCUT2D eigenvalue weighted by molar-refractivity contribution is -0.136. The van der Waals surface area contributed by atoms with E-state index in [-0.39, 0.29) is 11.8 Å². The van der Waals surface area contributed by atoms with Crippen molar-refractivity contribution >= 4 is 50.0 Å². The number of carbonyl (C=O) groups is 2. The number of aromatic amines is 1. The summed E-state index contributed by atoms with van der Waals surface area (Å²) in [4.78, 5) is 35.5. The third kappa shape index (κ3) is 3.98. The maximum absolute atomic E-state index is 12.9. The van der Waals surface area contributed by atoms with Crippen molar-refractivity contribution in [2.75, 3.05) is 18.4 Å². The van der Waals surface area contributed by atoms with Gasteiger partial charge in [0.05, 0.1) is 15.7 Å². The number of nitrogens with zero attached hydrogens (tertiary/aromatic N) is 2. The quantitative estimate of drug-likeness (QED) is 0.387. The van der Waals surface area contributed by atoms with Crippen LogP contribution in [0, 0.1) is 5.92 Å². The molecule has 1 saturated heterocycles. The highest BCUT2D eigenvalue weighted by molar-refractivity contribution is 7.16. The zero-order valence-corrected chi connectivity index (χ0v) is 19.9. The van der Waals surface area contributed by atoms with Gasteiger partial charge in [-0.05, 0) is 73.6 Å². The molecule has 0 radical (unpaired) electrons. The summed E-state index contributed by atoms with van der Waals surface area (Å²) in [5, 5.41) is 4.20. The molecule has 34 heavy (non-hydrogen) atoms. The molecule has 2 N–H and O–H groups in total. The summed E-state index contributed by atoms with van der Waals surface area (Å²) in [6, 6.07) is 11.6. The van der Waals surface area contributed by atoms with Crippen molar-refractivity contribution in [3.63, 3.8) is 0 Å². The van der Waals surface area contributed by atoms with Crippen molar-refractivity contribution in [3.8, 4) is 0 Å². The number of piperidine rings is 1. The molecule has 0 bridgehead atoms. The molecule has 6 rings (SSSR count). The molecule has 1 aliphatic heterocycles. The Hall–Kier alpha value is -3.19. The van der Waals surface area contributed by atoms with Crippen LogP contribution in [0.15, 0.2) is 48.1 Å². The van der Waals surface area contributed by atoms with Crippen LogP contribution in [-0.4, -0.2) is 39.8 Å². The molecule has 3 heterocycles. The highest BCUT2D eigenvalue weighted by Gasteiger charge is 2.31. The number of H-pyrrole nitrogens is 1. The topological polar surface area (TPSA) is 78.1 Å². The fraction of sp³-hybridized carbons (Fsp3) is 0.370. The predicted molar refractivity (Wildman–Crippen MR) is 136 cm³/mol. The molecule has 2 aliphatic rings. The van der Waals surface area contributed by atoms with Crippen LogP contribution >= 0.6 is 11.3 Å². The number of benzene rings is 2. The van der Waals surface area contributed by atoms with E-state index in [1.807, 2.05) is 30.3 Å². The minimum absolute atomic E-state index is 0.134. The summed E-state index contributed by atoms with van der Waals surface area (Å²) >= 11 is 1.57. The molecule has 4 aromatic rings. The number of nitrogens with one attached hydrogen (secondary N) is 2. The summed E-state index contributed by atoms with van der Waals surface area (Å²) in [6.45, 7) is 1.67. The van der Waals surface area contributed by atoms with Gasteiger partial charge in [-0.15, -0.1) is 11.3 Å². The minimum atomic E-state index is -0.134. The number of thiazole rings is 1. The predicted octanol–water partition coefficient (Wildman–Crippen LogP) is 5.93. The number of hydrogen-bond acceptors (Lipinski definition) is 4. The summed E-state index contributed by atoms with van der Waals surface area (Å²) in [5.41, 5.74) is 6.38. The summed E-state index contributed by atoms with van der Waals surface area (Å²) in [6.07, 6.45) is 8.58. The highest BCUT2D eigenvalue weighted by Crippen LogP contribution is 2.36. The van der Waals surface area contributed by atoms with Crippen molar-refractivity contribution in [1.29, 1.82) is 0 Å². The third-order valence-corrected chi connectivity index (χ3v) is 8.33. The van der Waals surface area contributed by atoms with Gasteiger partial charge in [-0.25, -0.2) is 4.98 Å². The first-order valence-electron chi connectivity index (χ1n) is 12.2. The van der Waals surface area contributed by atoms with E-state index in [1.54, 1.807) is 16.8 Å². The zero-order valence-electron chi connectivity index (χ0n) is 19.0. The van der Waals surface area contributed by atoms with Gasteiger partial charge in [0.2, 0.25) is 5.91 Å². The standard InChI is InChI=1S/C27H28N4O2S/c32-26(19-5-8-25-24(13-19)29-16-34-25)30-20-6-7-23-21(14-20)22(15-28-23)17-9-11-31(12-10-17)27(33)18-3-1-2-4-18/h5-8,13-18,28H,1-4,9-12H2,(H,30,32). The summed E-state index contributed by atoms with van der Waals surface area (Å²) in [5.74, 6) is 0.909. The number of rotatable bonds is 4. The van der Waals surface area contributed by atoms with Crippen molar-refractivity contribution in [1.82, 2.24) is 14.9 Å². The second-order valence-corrected chi connectivity index (χ2v) is 10.5. The minimum Gasteiger partial charge on any atom is -0.361 e. The second-order valence-electron chi connectivity index (χ2n) is 9.57. The maximum Gasteiger partial charge on any atom is 0.255 e. The molecule has 2 fully saturated rings. The first-order chi connectivity index (χ1) is 16.7. The molecule has 7 heteroatoms. The van der Waals surface area contributed by atoms with Crippen LogP contribution in [-0.2, 0) is 4.79 Å². The molecule has 2 amide bonds. The van der Waals surface area contributed by atoms with Crippen LogP contribution in [0.25, 0.3) is 21.1 Å². The van der Waals surface area contributed by atoms with E-state index in [4.69, 9.17) is 0 Å². The molecule has 0 unspecified atom stereocenters. The fourth-order valence-corrected chi connectivity index (χ4v) is 6.26. The van der Waals surface area contributed by atoms with E-state index in [0.717, 1.165) is 65.6 Å². The Morgan fingerprint density at radius 2 is 1.85 bits per heavy atom. The molecule has 174 valence electrons. The van der Waals surface area contributed by atoms with E-state index in [0.29, 0.717) is 17.4 Å². The lowest BCUT2D eigenvalue weighted by Gasteiger charge is -2.33. The molecule has 0 spiro atoms. The van der Waals surface area contributed by atoms with Crippen LogP contribution in [0.4, 0.5) is 5.69 Å². The molecular weight excluding hydrogens is 444 g/mol. The van der Waals surface area contributed by atoms with Crippen LogP contribution in [0.3, 0.4) is 0 Å². The first-order valence-corrected chi connectivity index (χ1v) is 13.1. The van der Waals surface area contributed by atoms with E-state index < -0.39 is 0 Å². The van der Waals surface area contributed by atoms with Crippen LogP contribution in [0.5, 0.6) is 0 Å². The number of amides is 2. The molecule has 6 nitrogen and oxygen atoms in total. The number of fused-ring (bicyclic) bond motifs is 2. The van der Waals surface area contributed by atoms with Crippen molar-refractivity contribution in [2.24, 2.45) is 5.92 Å². The lowest BCUT2D eigenvalue weighted by Crippen LogP contribution is -2.40. The highest BCUT2D eigenvalue weighted by atomic mass is 32.1. The Morgan fingerprint density at radius 1 is 1.03 bits per heavy atom. The average molecular weight is 473 g/mol. The zero-order chi connectivity index (χ0) is 23.1. The van der Waals surface area contributed by atoms with E-state index in [1.165, 1.54) is 18.4 Å². The normalized spacial score (nSPS) is 17.6. The number of likely N-dealkylation sites (tertiary alicyclic amines) is 1. The lowest BCUT2D eigenvalue weighted by atomic mass is 9.88. The Morgan fingerprint density at radius 3 is 2.68 bits per heavy atom. The van der Waals surface area contributed by atoms with Gasteiger partial charge in [0.15, 0.2) is 0 Å². The van der Waals surface area contributed by atoms with Gasteiger partial charge < -0.3 is 15.2 Å². The SMILES string of the molecule is O=C(Nc1ccc2[nH]cc(C3CCN(C(=O)C4CCCC4)CC3)c2c1)c1ccc2scnc2c1. The van der Waals surface area contributed by atoms with E-state index >= 15 is 0 Å². The van der Waals surface area contributed by atoms with Gasteiger partial charge in [0.1, 0.15) is 0 Å². The van der Waals surface area contributed by atoms with E-state index in [2.05, 4.69) is 32.4 Å². The summed E-state index contributed by atoms with van der Waals surface area (Å²) in [7, 11) is 0. The monoisotopic (exact) mass is 472 g/mol. The smallest absolute Gasteiger partial charge is 0.255 e. The first kappa shape index (κ1) is 21.4. The van der Waals surface area contributed by atoms with Gasteiger partial charge in [0.25, 0.3) is 5.91 Å². The summed E-state index contributed by atoms with van der Waals surface area (Å²) < 4.78 is 1.07. The molecule has 0 atom stereocenters. The van der Waals surface area contributed by atoms with Gasteiger partial charge in [-0.2, -0.15) is 0 Å². The molecule has 1 saturated carbocycles. The van der Waals surface area contributed by atoms with Gasteiger partial charge >= 0.3 is 0 Å². The van der Waals surface area contributed by atoms with Crippen molar-refractivity contribution < 1.29 is 9.59 Å². The number of hydrogen-bond donors (Lipinski definition) is 2. The molecule has 2 aromatic heterocycles. The second kappa shape index (κ2) is 8.87. The Labute approximate surface area is 202 Å². The average Bonchev–Trinajstić information content (AvgIpc) is 3.64. The molecule has 1 aliphatic carbocycles.